The fraction of sp³-hybridized carbons (Fsp3) is 0.417. The van der Waals surface area contributed by atoms with Gasteiger partial charge >= 0.3 is 0 Å². The van der Waals surface area contributed by atoms with Crippen LogP contribution in [0.5, 0.6) is 0 Å². The molecule has 2 heterocycles. The minimum Gasteiger partial charge on any atom is -0.381 e. The number of imidazole rings is 1. The largest absolute Gasteiger partial charge is 0.381 e. The molecule has 0 unspecified atom stereocenters. The Morgan fingerprint density at radius 3 is 2.77 bits per heavy atom. The smallest absolute Gasteiger partial charge is 0.244 e. The fourth-order valence-electron chi connectivity index (χ4n) is 4.05. The zero-order chi connectivity index (χ0) is 20.3. The number of rotatable bonds is 7. The quantitative estimate of drug-likeness (QED) is 0.586. The number of aromatic nitrogens is 2. The van der Waals surface area contributed by atoms with Gasteiger partial charge in [-0.3, -0.25) is 4.79 Å². The van der Waals surface area contributed by atoms with Crippen LogP contribution >= 0.6 is 11.8 Å². The van der Waals surface area contributed by atoms with Crippen molar-refractivity contribution in [3.8, 4) is 0 Å². The first-order valence-corrected chi connectivity index (χ1v) is 11.8. The Morgan fingerprint density at radius 1 is 1.10 bits per heavy atom. The summed E-state index contributed by atoms with van der Waals surface area (Å²) in [6.45, 7) is 2.05. The van der Waals surface area contributed by atoms with E-state index in [-0.39, 0.29) is 5.91 Å². The number of carbonyl (C=O) groups excluding carboxylic acids is 1. The molecule has 30 heavy (non-hydrogen) atoms. The van der Waals surface area contributed by atoms with Crippen LogP contribution in [0, 0.1) is 0 Å². The lowest BCUT2D eigenvalue weighted by Crippen LogP contribution is -2.20. The van der Waals surface area contributed by atoms with Crippen LogP contribution in [-0.2, 0) is 21.8 Å². The van der Waals surface area contributed by atoms with E-state index in [2.05, 4.69) is 28.1 Å². The van der Waals surface area contributed by atoms with Crippen molar-refractivity contribution in [1.29, 1.82) is 0 Å². The number of para-hydroxylation sites is 2. The van der Waals surface area contributed by atoms with Gasteiger partial charge in [-0.15, -0.1) is 0 Å². The molecule has 3 aromatic rings. The topological polar surface area (TPSA) is 56.2 Å². The summed E-state index contributed by atoms with van der Waals surface area (Å²) in [5.41, 5.74) is 4.12. The zero-order valence-electron chi connectivity index (χ0n) is 17.0. The van der Waals surface area contributed by atoms with E-state index < -0.39 is 0 Å². The molecule has 1 aliphatic carbocycles. The van der Waals surface area contributed by atoms with Gasteiger partial charge in [0.1, 0.15) is 12.4 Å². The highest BCUT2D eigenvalue weighted by atomic mass is 32.2. The molecule has 2 aliphatic rings. The first-order chi connectivity index (χ1) is 14.8. The van der Waals surface area contributed by atoms with Gasteiger partial charge in [-0.05, 0) is 55.5 Å². The van der Waals surface area contributed by atoms with Crippen LogP contribution in [-0.4, -0.2) is 33.9 Å². The predicted octanol–water partition coefficient (Wildman–Crippen LogP) is 4.96. The lowest BCUT2D eigenvalue weighted by atomic mass is 10.2. The van der Waals surface area contributed by atoms with E-state index in [0.717, 1.165) is 67.2 Å². The van der Waals surface area contributed by atoms with Gasteiger partial charge in [0.2, 0.25) is 5.91 Å². The van der Waals surface area contributed by atoms with Crippen LogP contribution in [0.2, 0.25) is 0 Å². The minimum absolute atomic E-state index is 0.00529. The van der Waals surface area contributed by atoms with E-state index >= 15 is 0 Å². The second kappa shape index (κ2) is 8.82. The number of nitrogens with one attached hydrogen (secondary N) is 1. The Morgan fingerprint density at radius 2 is 1.93 bits per heavy atom. The average Bonchev–Trinajstić information content (AvgIpc) is 3.56. The fourth-order valence-corrected chi connectivity index (χ4v) is 5.19. The van der Waals surface area contributed by atoms with Gasteiger partial charge in [0, 0.05) is 35.8 Å². The van der Waals surface area contributed by atoms with Crippen molar-refractivity contribution in [1.82, 2.24) is 9.55 Å². The standard InChI is InChI=1S/C24H27N3O2S/c28-23(15-27-22-7-2-1-6-21(22)26-24(27)18-8-9-18)25-19-5-3-4-17(14-19)16-30-20-10-12-29-13-11-20/h1-7,14,18,20H,8-13,15-16H2,(H,25,28). The Hall–Kier alpha value is -2.31. The van der Waals surface area contributed by atoms with E-state index in [9.17, 15) is 4.79 Å². The Labute approximate surface area is 181 Å². The second-order valence-electron chi connectivity index (χ2n) is 8.19. The van der Waals surface area contributed by atoms with E-state index in [1.807, 2.05) is 42.1 Å². The van der Waals surface area contributed by atoms with E-state index in [4.69, 9.17) is 9.72 Å². The predicted molar refractivity (Wildman–Crippen MR) is 122 cm³/mol. The third-order valence-corrected chi connectivity index (χ3v) is 7.24. The zero-order valence-corrected chi connectivity index (χ0v) is 17.9. The van der Waals surface area contributed by atoms with Crippen molar-refractivity contribution >= 4 is 34.4 Å². The normalized spacial score (nSPS) is 17.3. The Balaban J connectivity index is 1.25. The molecule has 0 radical (unpaired) electrons. The SMILES string of the molecule is O=C(Cn1c(C2CC2)nc2ccccc21)Nc1cccc(CSC2CCOCC2)c1. The van der Waals surface area contributed by atoms with Crippen molar-refractivity contribution in [2.75, 3.05) is 18.5 Å². The number of hydrogen-bond donors (Lipinski definition) is 1. The number of anilines is 1. The van der Waals surface area contributed by atoms with Gasteiger partial charge < -0.3 is 14.6 Å². The molecule has 156 valence electrons. The van der Waals surface area contributed by atoms with Gasteiger partial charge in [-0.25, -0.2) is 4.98 Å². The molecule has 1 saturated carbocycles. The molecule has 1 aliphatic heterocycles. The molecule has 2 aromatic carbocycles. The summed E-state index contributed by atoms with van der Waals surface area (Å²) < 4.78 is 7.53. The van der Waals surface area contributed by atoms with Crippen LogP contribution in [0.3, 0.4) is 0 Å². The number of hydrogen-bond acceptors (Lipinski definition) is 4. The van der Waals surface area contributed by atoms with Crippen molar-refractivity contribution in [2.45, 2.75) is 49.1 Å². The summed E-state index contributed by atoms with van der Waals surface area (Å²) in [7, 11) is 0. The van der Waals surface area contributed by atoms with Crippen molar-refractivity contribution in [3.63, 3.8) is 0 Å². The molecule has 1 amide bonds. The van der Waals surface area contributed by atoms with Crippen molar-refractivity contribution < 1.29 is 9.53 Å². The van der Waals surface area contributed by atoms with Crippen LogP contribution in [0.15, 0.2) is 48.5 Å². The summed E-state index contributed by atoms with van der Waals surface area (Å²) in [6.07, 6.45) is 4.59. The first-order valence-electron chi connectivity index (χ1n) is 10.8. The number of carbonyl (C=O) groups is 1. The summed E-state index contributed by atoms with van der Waals surface area (Å²) in [6, 6.07) is 16.3. The van der Waals surface area contributed by atoms with Crippen LogP contribution in [0.25, 0.3) is 11.0 Å². The molecular formula is C24H27N3O2S. The highest BCUT2D eigenvalue weighted by molar-refractivity contribution is 7.99. The average molecular weight is 422 g/mol. The second-order valence-corrected chi connectivity index (χ2v) is 9.48. The molecule has 0 atom stereocenters. The van der Waals surface area contributed by atoms with Gasteiger partial charge in [0.05, 0.1) is 11.0 Å². The molecular weight excluding hydrogens is 394 g/mol. The first kappa shape index (κ1) is 19.6. The van der Waals surface area contributed by atoms with Gasteiger partial charge in [0.25, 0.3) is 0 Å². The van der Waals surface area contributed by atoms with Crippen molar-refractivity contribution in [2.24, 2.45) is 0 Å². The number of fused-ring (bicyclic) bond motifs is 1. The lowest BCUT2D eigenvalue weighted by Gasteiger charge is -2.21. The molecule has 1 aromatic heterocycles. The Kier molecular flexibility index (Phi) is 5.77. The minimum atomic E-state index is -0.00529. The summed E-state index contributed by atoms with van der Waals surface area (Å²) in [5.74, 6) is 2.50. The molecule has 1 saturated heterocycles. The van der Waals surface area contributed by atoms with Crippen LogP contribution in [0.4, 0.5) is 5.69 Å². The van der Waals surface area contributed by atoms with E-state index in [1.165, 1.54) is 5.56 Å². The molecule has 0 spiro atoms. The monoisotopic (exact) mass is 421 g/mol. The molecule has 5 nitrogen and oxygen atoms in total. The van der Waals surface area contributed by atoms with E-state index in [1.54, 1.807) is 0 Å². The maximum atomic E-state index is 12.9. The molecule has 6 heteroatoms. The molecule has 0 bridgehead atoms. The Bertz CT molecular complexity index is 1040. The molecule has 2 fully saturated rings. The van der Waals surface area contributed by atoms with Gasteiger partial charge in [-0.2, -0.15) is 11.8 Å². The van der Waals surface area contributed by atoms with Crippen LogP contribution in [0.1, 0.15) is 43.0 Å². The highest BCUT2D eigenvalue weighted by Crippen LogP contribution is 2.40. The number of nitrogens with zero attached hydrogens (tertiary/aromatic N) is 2. The number of benzene rings is 2. The van der Waals surface area contributed by atoms with Gasteiger partial charge in [-0.1, -0.05) is 24.3 Å². The van der Waals surface area contributed by atoms with E-state index in [0.29, 0.717) is 17.7 Å². The van der Waals surface area contributed by atoms with Gasteiger partial charge in [0.15, 0.2) is 0 Å². The number of ether oxygens (including phenoxy) is 1. The third kappa shape index (κ3) is 4.55. The lowest BCUT2D eigenvalue weighted by molar-refractivity contribution is -0.116. The molecule has 1 N–H and O–H groups in total. The van der Waals surface area contributed by atoms with Crippen molar-refractivity contribution in [3.05, 3.63) is 59.9 Å². The molecule has 5 rings (SSSR count). The number of amides is 1. The maximum Gasteiger partial charge on any atom is 0.244 e. The summed E-state index contributed by atoms with van der Waals surface area (Å²) >= 11 is 1.99. The number of thioether (sulfide) groups is 1. The summed E-state index contributed by atoms with van der Waals surface area (Å²) in [4.78, 5) is 17.6. The van der Waals surface area contributed by atoms with Crippen LogP contribution < -0.4 is 5.32 Å². The third-order valence-electron chi connectivity index (χ3n) is 5.79. The summed E-state index contributed by atoms with van der Waals surface area (Å²) in [5, 5.41) is 3.77. The maximum absolute atomic E-state index is 12.9. The highest BCUT2D eigenvalue weighted by Gasteiger charge is 2.30.